The number of halogens is 4. The van der Waals surface area contributed by atoms with Gasteiger partial charge in [0.05, 0.1) is 5.69 Å². The number of fused-ring (bicyclic) bond motifs is 1. The van der Waals surface area contributed by atoms with Crippen molar-refractivity contribution in [1.29, 1.82) is 0 Å². The summed E-state index contributed by atoms with van der Waals surface area (Å²) in [5.74, 6) is -0.816. The lowest BCUT2D eigenvalue weighted by atomic mass is 10.1. The Morgan fingerprint density at radius 1 is 1.07 bits per heavy atom. The molecule has 4 rings (SSSR count). The van der Waals surface area contributed by atoms with Gasteiger partial charge < -0.3 is 10.4 Å². The van der Waals surface area contributed by atoms with E-state index < -0.39 is 17.8 Å². The van der Waals surface area contributed by atoms with Gasteiger partial charge in [-0.2, -0.15) is 18.3 Å². The van der Waals surface area contributed by atoms with Gasteiger partial charge in [0.15, 0.2) is 17.0 Å². The second-order valence-corrected chi connectivity index (χ2v) is 6.77. The van der Waals surface area contributed by atoms with Crippen molar-refractivity contribution >= 4 is 28.8 Å². The zero-order valence-electron chi connectivity index (χ0n) is 15.0. The van der Waals surface area contributed by atoms with Crippen molar-refractivity contribution in [2.45, 2.75) is 6.18 Å². The van der Waals surface area contributed by atoms with E-state index in [1.54, 1.807) is 24.3 Å². The minimum atomic E-state index is -4.73. The molecule has 2 aromatic carbocycles. The normalized spacial score (nSPS) is 11.6. The minimum Gasteiger partial charge on any atom is -0.508 e. The van der Waals surface area contributed by atoms with Crippen molar-refractivity contribution in [3.8, 4) is 17.0 Å². The number of anilines is 1. The summed E-state index contributed by atoms with van der Waals surface area (Å²) in [4.78, 5) is 16.7. The number of carbonyl (C=O) groups is 1. The minimum absolute atomic E-state index is 0.0614. The first kappa shape index (κ1) is 19.7. The molecule has 0 spiro atoms. The lowest BCUT2D eigenvalue weighted by Crippen LogP contribution is -2.15. The SMILES string of the molecule is O=C(Nc1cccc(O)c1)c1cc2nc(-c3ccc(Cl)cc3)cc(C(F)(F)F)n2n1. The molecule has 1 amide bonds. The number of aromatic nitrogens is 3. The van der Waals surface area contributed by atoms with Crippen LogP contribution in [0.1, 0.15) is 16.2 Å². The Morgan fingerprint density at radius 2 is 1.80 bits per heavy atom. The van der Waals surface area contributed by atoms with Crippen molar-refractivity contribution < 1.29 is 23.1 Å². The second-order valence-electron chi connectivity index (χ2n) is 6.34. The molecule has 4 aromatic rings. The molecule has 0 aliphatic carbocycles. The number of amides is 1. The van der Waals surface area contributed by atoms with Gasteiger partial charge in [-0.3, -0.25) is 4.79 Å². The molecule has 30 heavy (non-hydrogen) atoms. The second kappa shape index (κ2) is 7.34. The number of rotatable bonds is 3. The molecule has 0 atom stereocenters. The number of phenols is 1. The first-order chi connectivity index (χ1) is 14.2. The molecule has 0 saturated heterocycles. The molecule has 2 aromatic heterocycles. The zero-order chi connectivity index (χ0) is 21.5. The highest BCUT2D eigenvalue weighted by Crippen LogP contribution is 2.32. The van der Waals surface area contributed by atoms with Crippen LogP contribution in [0.15, 0.2) is 60.7 Å². The highest BCUT2D eigenvalue weighted by atomic mass is 35.5. The van der Waals surface area contributed by atoms with Gasteiger partial charge in [0.25, 0.3) is 5.91 Å². The third-order valence-corrected chi connectivity index (χ3v) is 4.45. The van der Waals surface area contributed by atoms with Crippen molar-refractivity contribution in [2.75, 3.05) is 5.32 Å². The Kier molecular flexibility index (Phi) is 4.83. The van der Waals surface area contributed by atoms with Crippen LogP contribution in [0.5, 0.6) is 5.75 Å². The van der Waals surface area contributed by atoms with Gasteiger partial charge in [0.1, 0.15) is 5.75 Å². The number of aromatic hydroxyl groups is 1. The van der Waals surface area contributed by atoms with E-state index in [0.29, 0.717) is 15.1 Å². The largest absolute Gasteiger partial charge is 0.508 e. The van der Waals surface area contributed by atoms with Gasteiger partial charge in [-0.15, -0.1) is 0 Å². The fourth-order valence-electron chi connectivity index (χ4n) is 2.83. The standard InChI is InChI=1S/C20H12ClF3N4O2/c21-12-6-4-11(5-7-12)15-9-17(20(22,23)24)28-18(26-15)10-16(27-28)19(30)25-13-2-1-3-14(29)8-13/h1-10,29H,(H,25,30). The molecule has 0 aliphatic heterocycles. The number of alkyl halides is 3. The Balaban J connectivity index is 1.78. The van der Waals surface area contributed by atoms with Gasteiger partial charge in [-0.1, -0.05) is 29.8 Å². The Labute approximate surface area is 172 Å². The molecule has 0 fully saturated rings. The fourth-order valence-corrected chi connectivity index (χ4v) is 2.96. The quantitative estimate of drug-likeness (QED) is 0.476. The lowest BCUT2D eigenvalue weighted by molar-refractivity contribution is -0.142. The van der Waals surface area contributed by atoms with E-state index in [1.807, 2.05) is 0 Å². The topological polar surface area (TPSA) is 79.5 Å². The van der Waals surface area contributed by atoms with E-state index in [4.69, 9.17) is 11.6 Å². The maximum Gasteiger partial charge on any atom is 0.433 e. The third-order valence-electron chi connectivity index (χ3n) is 4.19. The zero-order valence-corrected chi connectivity index (χ0v) is 15.7. The van der Waals surface area contributed by atoms with E-state index in [1.165, 1.54) is 24.3 Å². The van der Waals surface area contributed by atoms with Crippen LogP contribution in [0.4, 0.5) is 18.9 Å². The predicted molar refractivity (Wildman–Crippen MR) is 104 cm³/mol. The summed E-state index contributed by atoms with van der Waals surface area (Å²) in [5, 5.41) is 16.2. The van der Waals surface area contributed by atoms with E-state index in [-0.39, 0.29) is 28.5 Å². The molecule has 0 aliphatic rings. The predicted octanol–water partition coefficient (Wildman–Crippen LogP) is 5.03. The Morgan fingerprint density at radius 3 is 2.47 bits per heavy atom. The molecule has 2 heterocycles. The molecule has 0 radical (unpaired) electrons. The summed E-state index contributed by atoms with van der Waals surface area (Å²) in [5.41, 5.74) is -0.720. The van der Waals surface area contributed by atoms with Crippen LogP contribution in [-0.4, -0.2) is 25.6 Å². The van der Waals surface area contributed by atoms with Gasteiger partial charge in [0, 0.05) is 28.4 Å². The number of hydrogen-bond donors (Lipinski definition) is 2. The third kappa shape index (κ3) is 3.92. The smallest absolute Gasteiger partial charge is 0.433 e. The number of benzene rings is 2. The van der Waals surface area contributed by atoms with Crippen LogP contribution in [0.2, 0.25) is 5.02 Å². The summed E-state index contributed by atoms with van der Waals surface area (Å²) >= 11 is 5.84. The van der Waals surface area contributed by atoms with Gasteiger partial charge in [-0.25, -0.2) is 9.50 Å². The molecular formula is C20H12ClF3N4O2. The average molecular weight is 433 g/mol. The molecule has 6 nitrogen and oxygen atoms in total. The maximum absolute atomic E-state index is 13.6. The maximum atomic E-state index is 13.6. The fraction of sp³-hybridized carbons (Fsp3) is 0.0500. The van der Waals surface area contributed by atoms with Gasteiger partial charge in [-0.05, 0) is 30.3 Å². The van der Waals surface area contributed by atoms with Crippen LogP contribution in [0.25, 0.3) is 16.9 Å². The van der Waals surface area contributed by atoms with Crippen LogP contribution in [0, 0.1) is 0 Å². The summed E-state index contributed by atoms with van der Waals surface area (Å²) in [6.45, 7) is 0. The molecule has 2 N–H and O–H groups in total. The van der Waals surface area contributed by atoms with E-state index in [2.05, 4.69) is 15.4 Å². The summed E-state index contributed by atoms with van der Waals surface area (Å²) in [6, 6.07) is 13.9. The summed E-state index contributed by atoms with van der Waals surface area (Å²) < 4.78 is 41.5. The molecule has 10 heteroatoms. The van der Waals surface area contributed by atoms with Crippen LogP contribution >= 0.6 is 11.6 Å². The first-order valence-corrected chi connectivity index (χ1v) is 8.93. The highest BCUT2D eigenvalue weighted by Gasteiger charge is 2.35. The monoisotopic (exact) mass is 432 g/mol. The summed E-state index contributed by atoms with van der Waals surface area (Å²) in [6.07, 6.45) is -4.73. The van der Waals surface area contributed by atoms with Crippen molar-refractivity contribution in [3.63, 3.8) is 0 Å². The number of nitrogens with zero attached hydrogens (tertiary/aromatic N) is 3. The average Bonchev–Trinajstić information content (AvgIpc) is 3.11. The van der Waals surface area contributed by atoms with Crippen LogP contribution in [-0.2, 0) is 6.18 Å². The first-order valence-electron chi connectivity index (χ1n) is 8.55. The van der Waals surface area contributed by atoms with Crippen LogP contribution in [0.3, 0.4) is 0 Å². The van der Waals surface area contributed by atoms with E-state index >= 15 is 0 Å². The number of phenolic OH excluding ortho intramolecular Hbond substituents is 1. The van der Waals surface area contributed by atoms with E-state index in [0.717, 1.165) is 12.1 Å². The molecular weight excluding hydrogens is 421 g/mol. The molecule has 0 bridgehead atoms. The molecule has 0 saturated carbocycles. The van der Waals surface area contributed by atoms with Gasteiger partial charge in [0.2, 0.25) is 0 Å². The highest BCUT2D eigenvalue weighted by molar-refractivity contribution is 6.30. The number of carbonyl (C=O) groups excluding carboxylic acids is 1. The number of hydrogen-bond acceptors (Lipinski definition) is 4. The van der Waals surface area contributed by atoms with Crippen molar-refractivity contribution in [3.05, 3.63) is 77.1 Å². The van der Waals surface area contributed by atoms with Gasteiger partial charge >= 0.3 is 6.18 Å². The van der Waals surface area contributed by atoms with Crippen LogP contribution < -0.4 is 5.32 Å². The lowest BCUT2D eigenvalue weighted by Gasteiger charge is -2.11. The summed E-state index contributed by atoms with van der Waals surface area (Å²) in [7, 11) is 0. The van der Waals surface area contributed by atoms with Crippen molar-refractivity contribution in [2.24, 2.45) is 0 Å². The van der Waals surface area contributed by atoms with Crippen molar-refractivity contribution in [1.82, 2.24) is 14.6 Å². The molecule has 152 valence electrons. The Bertz CT molecular complexity index is 1250. The number of nitrogens with one attached hydrogen (secondary N) is 1. The molecule has 0 unspecified atom stereocenters. The van der Waals surface area contributed by atoms with E-state index in [9.17, 15) is 23.1 Å². The Hall–Kier alpha value is -3.59.